The topological polar surface area (TPSA) is 114 Å². The molecule has 0 aromatic carbocycles. The third-order valence-electron chi connectivity index (χ3n) is 0. The summed E-state index contributed by atoms with van der Waals surface area (Å²) in [5, 5.41) is 0. The van der Waals surface area contributed by atoms with Gasteiger partial charge in [0, 0.05) is 0 Å². The van der Waals surface area contributed by atoms with Gasteiger partial charge < -0.3 is 21.9 Å². The van der Waals surface area contributed by atoms with Crippen molar-refractivity contribution in [3.8, 4) is 0 Å². The van der Waals surface area contributed by atoms with Crippen molar-refractivity contribution in [1.82, 2.24) is 0 Å². The molecule has 0 aliphatic rings. The molecule has 0 aliphatic carbocycles. The molecule has 0 amide bonds. The van der Waals surface area contributed by atoms with Crippen LogP contribution in [-0.4, -0.2) is 86.6 Å². The molecule has 0 N–H and O–H groups in total. The van der Waals surface area contributed by atoms with Crippen molar-refractivity contribution in [1.29, 1.82) is 0 Å². The predicted octanol–water partition coefficient (Wildman–Crippen LogP) is -1.24. The molecule has 0 aliphatic heterocycles. The molecule has 0 saturated heterocycles. The summed E-state index contributed by atoms with van der Waals surface area (Å²) < 4.78 is 0. The Bertz CT molecular complexity index is 11.7. The van der Waals surface area contributed by atoms with E-state index >= 15 is 0 Å². The second kappa shape index (κ2) is 57.6. The zero-order valence-electron chi connectivity index (χ0n) is 3.55. The minimum Gasteiger partial charge on any atom is -2.00 e. The van der Waals surface area contributed by atoms with E-state index in [1.54, 1.807) is 0 Å². The summed E-state index contributed by atoms with van der Waals surface area (Å²) in [6.45, 7) is 0. The maximum Gasteiger partial charge on any atom is 4.00 e. The SMILES string of the molecule is [Ba+2].[Ca+2].[O-2].[O-2].[O-2].[O-2].[Ti+4]. The first-order chi connectivity index (χ1) is 0. The fourth-order valence-corrected chi connectivity index (χ4v) is 0. The smallest absolute Gasteiger partial charge is 2.00 e. The molecule has 7 heteroatoms. The number of hydrogen-bond acceptors (Lipinski definition) is 0. The standard InChI is InChI=1S/Ba.Ca.4O.Ti/q2*+2;4*-2;+4. The van der Waals surface area contributed by atoms with E-state index in [1.165, 1.54) is 0 Å². The maximum atomic E-state index is 0. The second-order valence-electron chi connectivity index (χ2n) is 0. The van der Waals surface area contributed by atoms with E-state index < -0.39 is 0 Å². The van der Waals surface area contributed by atoms with Crippen LogP contribution in [0, 0.1) is 0 Å². The van der Waals surface area contributed by atoms with E-state index in [2.05, 4.69) is 0 Å². The van der Waals surface area contributed by atoms with E-state index in [-0.39, 0.29) is 130 Å². The Balaban J connectivity index is 0. The molecule has 0 atom stereocenters. The van der Waals surface area contributed by atoms with Gasteiger partial charge in [0.1, 0.15) is 0 Å². The molecule has 0 radical (unpaired) electrons. The van der Waals surface area contributed by atoms with Crippen molar-refractivity contribution < 1.29 is 43.6 Å². The molecular formula is BaCaO4Ti. The summed E-state index contributed by atoms with van der Waals surface area (Å²) in [7, 11) is 0. The molecule has 0 spiro atoms. The first-order valence-electron chi connectivity index (χ1n) is 0. The molecule has 0 aromatic rings. The molecular weight excluding hydrogens is 289 g/mol. The molecule has 0 fully saturated rings. The molecule has 7 heavy (non-hydrogen) atoms. The molecule has 0 heterocycles. The van der Waals surface area contributed by atoms with Gasteiger partial charge in [0.2, 0.25) is 0 Å². The van der Waals surface area contributed by atoms with Gasteiger partial charge in [-0.15, -0.1) is 0 Å². The number of rotatable bonds is 0. The quantitative estimate of drug-likeness (QED) is 0.496. The minimum atomic E-state index is 0. The molecule has 0 rings (SSSR count). The van der Waals surface area contributed by atoms with Crippen molar-refractivity contribution in [2.24, 2.45) is 0 Å². The largest absolute Gasteiger partial charge is 4.00 e. The van der Waals surface area contributed by atoms with Gasteiger partial charge in [-0.05, 0) is 0 Å². The van der Waals surface area contributed by atoms with Gasteiger partial charge in [-0.2, -0.15) is 0 Å². The van der Waals surface area contributed by atoms with E-state index in [0.717, 1.165) is 0 Å². The average molecular weight is 289 g/mol. The van der Waals surface area contributed by atoms with Gasteiger partial charge in [-0.3, -0.25) is 0 Å². The molecule has 0 aromatic heterocycles. The summed E-state index contributed by atoms with van der Waals surface area (Å²) in [5.41, 5.74) is 0. The van der Waals surface area contributed by atoms with Gasteiger partial charge in [0.15, 0.2) is 0 Å². The third-order valence-corrected chi connectivity index (χ3v) is 0. The van der Waals surface area contributed by atoms with Crippen LogP contribution < -0.4 is 0 Å². The molecule has 32 valence electrons. The molecule has 0 unspecified atom stereocenters. The van der Waals surface area contributed by atoms with E-state index in [9.17, 15) is 0 Å². The van der Waals surface area contributed by atoms with Gasteiger partial charge in [-0.1, -0.05) is 0 Å². The normalized spacial score (nSPS) is 0. The zero-order chi connectivity index (χ0) is 0. The first-order valence-corrected chi connectivity index (χ1v) is 0. The summed E-state index contributed by atoms with van der Waals surface area (Å²) in [6, 6.07) is 0. The van der Waals surface area contributed by atoms with Crippen LogP contribution in [0.2, 0.25) is 0 Å². The van der Waals surface area contributed by atoms with Gasteiger partial charge >= 0.3 is 108 Å². The van der Waals surface area contributed by atoms with Crippen LogP contribution in [0.15, 0.2) is 0 Å². The third kappa shape index (κ3) is 44.7. The minimum absolute atomic E-state index is 0. The number of hydrogen-bond donors (Lipinski definition) is 0. The van der Waals surface area contributed by atoms with Crippen LogP contribution in [0.1, 0.15) is 0 Å². The predicted molar refractivity (Wildman–Crippen MR) is 14.3 cm³/mol. The molecule has 0 saturated carbocycles. The van der Waals surface area contributed by atoms with Gasteiger partial charge in [0.05, 0.1) is 0 Å². The van der Waals surface area contributed by atoms with Crippen molar-refractivity contribution in [3.05, 3.63) is 0 Å². The van der Waals surface area contributed by atoms with Crippen LogP contribution in [0.4, 0.5) is 0 Å². The van der Waals surface area contributed by atoms with Crippen LogP contribution in [-0.2, 0) is 43.6 Å². The van der Waals surface area contributed by atoms with Crippen molar-refractivity contribution >= 4 is 86.6 Å². The van der Waals surface area contributed by atoms with Crippen LogP contribution in [0.5, 0.6) is 0 Å². The maximum absolute atomic E-state index is 0. The van der Waals surface area contributed by atoms with E-state index in [1.807, 2.05) is 0 Å². The Morgan fingerprint density at radius 2 is 0.571 bits per heavy atom. The Hall–Kier alpha value is 3.39. The fraction of sp³-hybridized carbons (Fsp3) is 0. The summed E-state index contributed by atoms with van der Waals surface area (Å²) >= 11 is 0. The van der Waals surface area contributed by atoms with E-state index in [4.69, 9.17) is 0 Å². The van der Waals surface area contributed by atoms with Gasteiger partial charge in [0.25, 0.3) is 0 Å². The Labute approximate surface area is 127 Å². The Morgan fingerprint density at radius 3 is 0.571 bits per heavy atom. The van der Waals surface area contributed by atoms with Crippen LogP contribution in [0.3, 0.4) is 0 Å². The average Bonchev–Trinajstić information content (AvgIpc) is 0. The summed E-state index contributed by atoms with van der Waals surface area (Å²) in [6.07, 6.45) is 0. The summed E-state index contributed by atoms with van der Waals surface area (Å²) in [5.74, 6) is 0. The fourth-order valence-electron chi connectivity index (χ4n) is 0. The van der Waals surface area contributed by atoms with Crippen LogP contribution >= 0.6 is 0 Å². The Kier molecular flexibility index (Phi) is 657. The monoisotopic (exact) mass is 290 g/mol. The summed E-state index contributed by atoms with van der Waals surface area (Å²) in [4.78, 5) is 0. The Morgan fingerprint density at radius 1 is 0.571 bits per heavy atom. The van der Waals surface area contributed by atoms with Crippen molar-refractivity contribution in [3.63, 3.8) is 0 Å². The van der Waals surface area contributed by atoms with E-state index in [0.29, 0.717) is 0 Å². The van der Waals surface area contributed by atoms with Crippen molar-refractivity contribution in [2.45, 2.75) is 0 Å². The second-order valence-corrected chi connectivity index (χ2v) is 0. The van der Waals surface area contributed by atoms with Crippen molar-refractivity contribution in [2.75, 3.05) is 0 Å². The molecule has 0 bridgehead atoms. The van der Waals surface area contributed by atoms with Crippen LogP contribution in [0.25, 0.3) is 0 Å². The molecule has 4 nitrogen and oxygen atoms in total. The van der Waals surface area contributed by atoms with Gasteiger partial charge in [-0.25, -0.2) is 0 Å². The zero-order valence-corrected chi connectivity index (χ0v) is 11.8. The first kappa shape index (κ1) is 79.8.